The van der Waals surface area contributed by atoms with Gasteiger partial charge in [0.2, 0.25) is 0 Å². The monoisotopic (exact) mass is 393 g/mol. The Bertz CT molecular complexity index is 628. The Kier molecular flexibility index (Phi) is 4.57. The lowest BCUT2D eigenvalue weighted by Crippen LogP contribution is -2.65. The van der Waals surface area contributed by atoms with Gasteiger partial charge in [-0.05, 0) is 57.3 Å². The lowest BCUT2D eigenvalue weighted by Gasteiger charge is -2.55. The van der Waals surface area contributed by atoms with Crippen LogP contribution in [0.3, 0.4) is 0 Å². The molecule has 5 fully saturated rings. The van der Waals surface area contributed by atoms with E-state index in [4.69, 9.17) is 9.16 Å². The minimum Gasteiger partial charge on any atom is -0.393 e. The van der Waals surface area contributed by atoms with E-state index in [2.05, 4.69) is 57.8 Å². The van der Waals surface area contributed by atoms with Gasteiger partial charge in [0.1, 0.15) is 0 Å². The Morgan fingerprint density at radius 2 is 2.07 bits per heavy atom. The van der Waals surface area contributed by atoms with Crippen LogP contribution in [0, 0.1) is 11.8 Å². The summed E-state index contributed by atoms with van der Waals surface area (Å²) in [6.45, 7) is 16.9. The van der Waals surface area contributed by atoms with Crippen LogP contribution >= 0.6 is 0 Å². The smallest absolute Gasteiger partial charge is 0.195 e. The predicted octanol–water partition coefficient (Wildman–Crippen LogP) is 4.30. The van der Waals surface area contributed by atoms with E-state index < -0.39 is 14.1 Å². The number of ether oxygens (including phenoxy) is 1. The molecule has 154 valence electrons. The first kappa shape index (κ1) is 20.1. The van der Waals surface area contributed by atoms with Gasteiger partial charge in [0, 0.05) is 17.9 Å². The highest BCUT2D eigenvalue weighted by Gasteiger charge is 2.80. The average Bonchev–Trinajstić information content (AvgIpc) is 3.07. The van der Waals surface area contributed by atoms with Crippen molar-refractivity contribution in [3.8, 4) is 0 Å². The number of hydrogen-bond donors (Lipinski definition) is 1. The summed E-state index contributed by atoms with van der Waals surface area (Å²) in [6.07, 6.45) is 8.78. The third-order valence-corrected chi connectivity index (χ3v) is 12.8. The second-order valence-corrected chi connectivity index (χ2v) is 15.6. The van der Waals surface area contributed by atoms with E-state index in [0.29, 0.717) is 12.0 Å². The quantitative estimate of drug-likeness (QED) is 0.539. The Morgan fingerprint density at radius 1 is 1.37 bits per heavy atom. The van der Waals surface area contributed by atoms with Crippen LogP contribution in [-0.2, 0) is 9.16 Å². The second-order valence-electron chi connectivity index (χ2n) is 10.9. The summed E-state index contributed by atoms with van der Waals surface area (Å²) < 4.78 is 14.1. The zero-order valence-corrected chi connectivity index (χ0v) is 19.3. The first-order chi connectivity index (χ1) is 12.5. The minimum atomic E-state index is -2.01. The van der Waals surface area contributed by atoms with Crippen LogP contribution in [-0.4, -0.2) is 54.4 Å². The summed E-state index contributed by atoms with van der Waals surface area (Å²) in [5.74, 6) is 0.133. The van der Waals surface area contributed by atoms with E-state index in [1.165, 1.54) is 0 Å². The van der Waals surface area contributed by atoms with Gasteiger partial charge in [-0.2, -0.15) is 0 Å². The molecule has 5 heteroatoms. The van der Waals surface area contributed by atoms with E-state index in [1.807, 2.05) is 6.92 Å². The summed E-state index contributed by atoms with van der Waals surface area (Å²) in [5, 5.41) is 10.4. The maximum absolute atomic E-state index is 10.3. The molecule has 5 rings (SSSR count). The molecule has 0 saturated carbocycles. The largest absolute Gasteiger partial charge is 0.393 e. The summed E-state index contributed by atoms with van der Waals surface area (Å²) >= 11 is 0. The Balaban J connectivity index is 1.79. The summed E-state index contributed by atoms with van der Waals surface area (Å²) in [7, 11) is -2.01. The molecule has 0 aliphatic carbocycles. The van der Waals surface area contributed by atoms with Crippen molar-refractivity contribution in [2.24, 2.45) is 11.8 Å². The first-order valence-corrected chi connectivity index (χ1v) is 13.9. The van der Waals surface area contributed by atoms with Gasteiger partial charge in [0.15, 0.2) is 14.1 Å². The van der Waals surface area contributed by atoms with E-state index >= 15 is 0 Å². The van der Waals surface area contributed by atoms with E-state index in [9.17, 15) is 5.11 Å². The maximum atomic E-state index is 10.3. The molecule has 4 nitrogen and oxygen atoms in total. The lowest BCUT2D eigenvalue weighted by atomic mass is 9.72. The van der Waals surface area contributed by atoms with Gasteiger partial charge in [-0.25, -0.2) is 0 Å². The SMILES string of the molecule is CC/C=C/[C@@]12[C@@H]3C[C@H]4[C@@H](C[C@H](C)O)[C@@](O[Si](C)(C)C(C)(C)C)(O3)[C@@H]1CCN42. The standard InChI is InChI=1S/C22H39NO3Si/c1-8-9-11-21-18-10-12-23(21)17-14-19(21)25-22(18,16(17)13-15(2)24)26-27(6,7)20(3,4)5/h9,11,15-19,24H,8,10,12-14H2,1-7H3/b11-9+/t15-,16+,17-,18+,19-,21-,22-/m0/s1. The lowest BCUT2D eigenvalue weighted by molar-refractivity contribution is -0.266. The molecular weight excluding hydrogens is 354 g/mol. The third kappa shape index (κ3) is 2.54. The van der Waals surface area contributed by atoms with Gasteiger partial charge >= 0.3 is 0 Å². The van der Waals surface area contributed by atoms with Crippen LogP contribution in [0.25, 0.3) is 0 Å². The molecule has 5 heterocycles. The molecule has 5 aliphatic heterocycles. The molecule has 0 aromatic heterocycles. The fraction of sp³-hybridized carbons (Fsp3) is 0.909. The van der Waals surface area contributed by atoms with Crippen molar-refractivity contribution in [2.45, 2.75) is 108 Å². The second kappa shape index (κ2) is 6.15. The van der Waals surface area contributed by atoms with Crippen LogP contribution in [0.2, 0.25) is 18.1 Å². The zero-order valence-electron chi connectivity index (χ0n) is 18.3. The van der Waals surface area contributed by atoms with Gasteiger partial charge in [-0.15, -0.1) is 0 Å². The number of aliphatic hydroxyl groups is 1. The predicted molar refractivity (Wildman–Crippen MR) is 111 cm³/mol. The fourth-order valence-electron chi connectivity index (χ4n) is 6.29. The van der Waals surface area contributed by atoms with Crippen molar-refractivity contribution >= 4 is 8.32 Å². The number of allylic oxidation sites excluding steroid dienone is 1. The molecule has 6 bridgehead atoms. The molecule has 1 N–H and O–H groups in total. The van der Waals surface area contributed by atoms with Gasteiger partial charge in [-0.3, -0.25) is 4.90 Å². The fourth-order valence-corrected chi connectivity index (χ4v) is 7.74. The first-order valence-electron chi connectivity index (χ1n) is 11.0. The highest BCUT2D eigenvalue weighted by atomic mass is 28.4. The molecule has 0 amide bonds. The van der Waals surface area contributed by atoms with E-state index in [1.54, 1.807) is 0 Å². The molecular formula is C22H39NO3Si. The Labute approximate surface area is 166 Å². The van der Waals surface area contributed by atoms with Crippen LogP contribution < -0.4 is 0 Å². The third-order valence-electron chi connectivity index (χ3n) is 8.32. The average molecular weight is 394 g/mol. The number of nitrogens with zero attached hydrogens (tertiary/aromatic N) is 1. The van der Waals surface area contributed by atoms with Crippen LogP contribution in [0.15, 0.2) is 12.2 Å². The normalized spacial score (nSPS) is 46.7. The molecule has 1 unspecified atom stereocenters. The van der Waals surface area contributed by atoms with Gasteiger partial charge in [-0.1, -0.05) is 39.8 Å². The molecule has 0 aromatic carbocycles. The molecule has 27 heavy (non-hydrogen) atoms. The van der Waals surface area contributed by atoms with Crippen molar-refractivity contribution < 1.29 is 14.3 Å². The summed E-state index contributed by atoms with van der Waals surface area (Å²) in [4.78, 5) is 2.72. The maximum Gasteiger partial charge on any atom is 0.195 e. The number of aliphatic hydroxyl groups excluding tert-OH is 1. The summed E-state index contributed by atoms with van der Waals surface area (Å²) in [6, 6.07) is 0.475. The van der Waals surface area contributed by atoms with Crippen molar-refractivity contribution in [1.29, 1.82) is 0 Å². The molecule has 0 aromatic rings. The summed E-state index contributed by atoms with van der Waals surface area (Å²) in [5.41, 5.74) is 0.0260. The molecule has 5 saturated heterocycles. The minimum absolute atomic E-state index is 0.0260. The van der Waals surface area contributed by atoms with Crippen LogP contribution in [0.1, 0.15) is 60.3 Å². The Morgan fingerprint density at radius 3 is 2.67 bits per heavy atom. The number of hydrogen-bond acceptors (Lipinski definition) is 4. The Hall–Kier alpha value is -0.203. The highest BCUT2D eigenvalue weighted by molar-refractivity contribution is 6.74. The van der Waals surface area contributed by atoms with Gasteiger partial charge < -0.3 is 14.3 Å². The van der Waals surface area contributed by atoms with Crippen molar-refractivity contribution in [1.82, 2.24) is 4.90 Å². The number of piperidine rings is 1. The van der Waals surface area contributed by atoms with Crippen molar-refractivity contribution in [3.63, 3.8) is 0 Å². The molecule has 5 aliphatic rings. The number of rotatable bonds is 6. The van der Waals surface area contributed by atoms with Gasteiger partial charge in [0.05, 0.1) is 17.7 Å². The van der Waals surface area contributed by atoms with Gasteiger partial charge in [0.25, 0.3) is 0 Å². The molecule has 8 atom stereocenters. The van der Waals surface area contributed by atoms with E-state index in [-0.39, 0.29) is 28.7 Å². The van der Waals surface area contributed by atoms with E-state index in [0.717, 1.165) is 32.2 Å². The highest BCUT2D eigenvalue weighted by Crippen LogP contribution is 2.69. The van der Waals surface area contributed by atoms with Crippen LogP contribution in [0.5, 0.6) is 0 Å². The zero-order chi connectivity index (χ0) is 19.8. The molecule has 0 radical (unpaired) electrons. The van der Waals surface area contributed by atoms with Crippen molar-refractivity contribution in [2.75, 3.05) is 6.54 Å². The topological polar surface area (TPSA) is 41.9 Å². The van der Waals surface area contributed by atoms with Crippen LogP contribution in [0.4, 0.5) is 0 Å². The van der Waals surface area contributed by atoms with Crippen molar-refractivity contribution in [3.05, 3.63) is 12.2 Å². The molecule has 0 spiro atoms.